The highest BCUT2D eigenvalue weighted by Crippen LogP contribution is 2.27. The molecule has 0 aromatic heterocycles. The summed E-state index contributed by atoms with van der Waals surface area (Å²) in [5, 5.41) is 6.03. The number of anilines is 1. The molecule has 0 radical (unpaired) electrons. The van der Waals surface area contributed by atoms with Crippen LogP contribution >= 0.6 is 0 Å². The van der Waals surface area contributed by atoms with Crippen LogP contribution in [0.4, 0.5) is 5.69 Å². The molecule has 1 heterocycles. The summed E-state index contributed by atoms with van der Waals surface area (Å²) in [5.41, 5.74) is 2.81. The van der Waals surface area contributed by atoms with Crippen LogP contribution in [0.3, 0.4) is 0 Å². The van der Waals surface area contributed by atoms with Gasteiger partial charge in [-0.1, -0.05) is 48.9 Å². The molecule has 1 aliphatic rings. The van der Waals surface area contributed by atoms with Gasteiger partial charge in [-0.15, -0.1) is 0 Å². The van der Waals surface area contributed by atoms with Crippen LogP contribution in [0.1, 0.15) is 60.9 Å². The summed E-state index contributed by atoms with van der Waals surface area (Å²) in [6.45, 7) is 5.93. The number of unbranched alkanes of at least 4 members (excludes halogenated alkanes) is 2. The molecule has 0 spiro atoms. The minimum atomic E-state index is -0.0404. The van der Waals surface area contributed by atoms with Gasteiger partial charge in [0.15, 0.2) is 5.78 Å². The van der Waals surface area contributed by atoms with E-state index in [-0.39, 0.29) is 18.2 Å². The van der Waals surface area contributed by atoms with E-state index in [0.29, 0.717) is 23.7 Å². The number of nitrogens with one attached hydrogen (secondary N) is 2. The number of piperidine rings is 1. The molecule has 0 bridgehead atoms. The molecule has 0 saturated carbocycles. The number of Topliss-reactive ketones (excluding diaryl/α,β-unsaturated/α-hetero) is 1. The zero-order valence-electron chi connectivity index (χ0n) is 18.6. The molecule has 2 aromatic carbocycles. The first-order valence-corrected chi connectivity index (χ1v) is 11.5. The Morgan fingerprint density at radius 1 is 0.935 bits per heavy atom. The van der Waals surface area contributed by atoms with Crippen molar-refractivity contribution in [3.05, 3.63) is 65.7 Å². The third kappa shape index (κ3) is 7.51. The minimum absolute atomic E-state index is 0.00667. The van der Waals surface area contributed by atoms with Gasteiger partial charge in [-0.2, -0.15) is 0 Å². The first-order valence-electron chi connectivity index (χ1n) is 11.5. The summed E-state index contributed by atoms with van der Waals surface area (Å²) >= 11 is 0. The lowest BCUT2D eigenvalue weighted by atomic mass is 9.89. The molecule has 1 saturated heterocycles. The summed E-state index contributed by atoms with van der Waals surface area (Å²) in [6, 6.07) is 18.2. The SMILES string of the molecule is CC(=O)c1ccccc1NCC(=O)NCCCCCN1CCC(c2ccccc2)CC1. The monoisotopic (exact) mass is 421 g/mol. The van der Waals surface area contributed by atoms with E-state index in [1.807, 2.05) is 18.2 Å². The Labute approximate surface area is 186 Å². The Kier molecular flexibility index (Phi) is 9.10. The molecule has 166 valence electrons. The van der Waals surface area contributed by atoms with Crippen molar-refractivity contribution in [3.63, 3.8) is 0 Å². The largest absolute Gasteiger partial charge is 0.376 e. The van der Waals surface area contributed by atoms with Gasteiger partial charge in [0, 0.05) is 17.8 Å². The third-order valence-corrected chi connectivity index (χ3v) is 6.08. The van der Waals surface area contributed by atoms with Crippen LogP contribution in [0.15, 0.2) is 54.6 Å². The highest BCUT2D eigenvalue weighted by Gasteiger charge is 2.19. The van der Waals surface area contributed by atoms with Crippen molar-refractivity contribution < 1.29 is 9.59 Å². The number of nitrogens with zero attached hydrogens (tertiary/aromatic N) is 1. The fourth-order valence-electron chi connectivity index (χ4n) is 4.26. The molecule has 2 N–H and O–H groups in total. The van der Waals surface area contributed by atoms with Gasteiger partial charge in [0.25, 0.3) is 0 Å². The molecule has 0 unspecified atom stereocenters. The van der Waals surface area contributed by atoms with Gasteiger partial charge in [0.1, 0.15) is 0 Å². The van der Waals surface area contributed by atoms with E-state index in [4.69, 9.17) is 0 Å². The molecule has 0 aliphatic carbocycles. The van der Waals surface area contributed by atoms with E-state index >= 15 is 0 Å². The van der Waals surface area contributed by atoms with Crippen LogP contribution in [-0.2, 0) is 4.79 Å². The molecule has 5 heteroatoms. The first kappa shape index (κ1) is 23.0. The zero-order chi connectivity index (χ0) is 21.9. The first-order chi connectivity index (χ1) is 15.1. The quantitative estimate of drug-likeness (QED) is 0.415. The number of rotatable bonds is 11. The van der Waals surface area contributed by atoms with E-state index < -0.39 is 0 Å². The van der Waals surface area contributed by atoms with Gasteiger partial charge in [-0.25, -0.2) is 0 Å². The topological polar surface area (TPSA) is 61.4 Å². The van der Waals surface area contributed by atoms with Crippen molar-refractivity contribution in [2.45, 2.75) is 44.9 Å². The summed E-state index contributed by atoms with van der Waals surface area (Å²) in [4.78, 5) is 26.3. The average molecular weight is 422 g/mol. The number of amides is 1. The second-order valence-electron chi connectivity index (χ2n) is 8.39. The fourth-order valence-corrected chi connectivity index (χ4v) is 4.26. The molecule has 1 fully saturated rings. The van der Waals surface area contributed by atoms with Crippen molar-refractivity contribution in [1.29, 1.82) is 0 Å². The third-order valence-electron chi connectivity index (χ3n) is 6.08. The Hall–Kier alpha value is -2.66. The standard InChI is InChI=1S/C26H35N3O2/c1-21(30)24-12-6-7-13-25(24)28-20-26(31)27-16-8-3-9-17-29-18-14-23(15-19-29)22-10-4-2-5-11-22/h2,4-7,10-13,23,28H,3,8-9,14-20H2,1H3,(H,27,31). The normalized spacial score (nSPS) is 14.9. The molecule has 0 atom stereocenters. The number of carbonyl (C=O) groups excluding carboxylic acids is 2. The van der Waals surface area contributed by atoms with Gasteiger partial charge in [-0.3, -0.25) is 9.59 Å². The average Bonchev–Trinajstić information content (AvgIpc) is 2.81. The molecular formula is C26H35N3O2. The minimum Gasteiger partial charge on any atom is -0.376 e. The van der Waals surface area contributed by atoms with Crippen molar-refractivity contribution >= 4 is 17.4 Å². The van der Waals surface area contributed by atoms with Crippen LogP contribution in [0, 0.1) is 0 Å². The van der Waals surface area contributed by atoms with E-state index in [1.165, 1.54) is 44.8 Å². The highest BCUT2D eigenvalue weighted by molar-refractivity contribution is 6.00. The van der Waals surface area contributed by atoms with Gasteiger partial charge >= 0.3 is 0 Å². The maximum atomic E-state index is 12.1. The zero-order valence-corrected chi connectivity index (χ0v) is 18.6. The molecule has 5 nitrogen and oxygen atoms in total. The molecule has 3 rings (SSSR count). The van der Waals surface area contributed by atoms with Crippen LogP contribution in [0.2, 0.25) is 0 Å². The van der Waals surface area contributed by atoms with E-state index in [1.54, 1.807) is 6.07 Å². The summed E-state index contributed by atoms with van der Waals surface area (Å²) in [7, 11) is 0. The number of likely N-dealkylation sites (tertiary alicyclic amines) is 1. The fraction of sp³-hybridized carbons (Fsp3) is 0.462. The number of ketones is 1. The predicted octanol–water partition coefficient (Wildman–Crippen LogP) is 4.47. The summed E-state index contributed by atoms with van der Waals surface area (Å²) in [5.74, 6) is 0.665. The Morgan fingerprint density at radius 2 is 1.65 bits per heavy atom. The number of hydrogen-bond acceptors (Lipinski definition) is 4. The van der Waals surface area contributed by atoms with E-state index in [0.717, 1.165) is 19.4 Å². The Morgan fingerprint density at radius 3 is 2.39 bits per heavy atom. The van der Waals surface area contributed by atoms with Crippen LogP contribution < -0.4 is 10.6 Å². The maximum Gasteiger partial charge on any atom is 0.239 e. The molecule has 31 heavy (non-hydrogen) atoms. The lowest BCUT2D eigenvalue weighted by molar-refractivity contribution is -0.119. The van der Waals surface area contributed by atoms with Crippen LogP contribution in [0.25, 0.3) is 0 Å². The van der Waals surface area contributed by atoms with Gasteiger partial charge in [0.05, 0.1) is 6.54 Å². The van der Waals surface area contributed by atoms with Gasteiger partial charge in [-0.05, 0) is 75.9 Å². The number of carbonyl (C=O) groups is 2. The molecular weight excluding hydrogens is 386 g/mol. The maximum absolute atomic E-state index is 12.1. The second kappa shape index (κ2) is 12.3. The van der Waals surface area contributed by atoms with Crippen molar-refractivity contribution in [3.8, 4) is 0 Å². The Bertz CT molecular complexity index is 830. The van der Waals surface area contributed by atoms with Crippen molar-refractivity contribution in [2.75, 3.05) is 38.0 Å². The highest BCUT2D eigenvalue weighted by atomic mass is 16.2. The smallest absolute Gasteiger partial charge is 0.239 e. The van der Waals surface area contributed by atoms with Crippen LogP contribution in [0.5, 0.6) is 0 Å². The van der Waals surface area contributed by atoms with Crippen molar-refractivity contribution in [1.82, 2.24) is 10.2 Å². The Balaban J connectivity index is 1.23. The van der Waals surface area contributed by atoms with Gasteiger partial charge < -0.3 is 15.5 Å². The lowest BCUT2D eigenvalue weighted by Crippen LogP contribution is -2.34. The van der Waals surface area contributed by atoms with E-state index in [9.17, 15) is 9.59 Å². The molecule has 2 aromatic rings. The number of hydrogen-bond donors (Lipinski definition) is 2. The molecule has 1 aliphatic heterocycles. The lowest BCUT2D eigenvalue weighted by Gasteiger charge is -2.32. The summed E-state index contributed by atoms with van der Waals surface area (Å²) in [6.07, 6.45) is 5.80. The predicted molar refractivity (Wildman–Crippen MR) is 127 cm³/mol. The summed E-state index contributed by atoms with van der Waals surface area (Å²) < 4.78 is 0. The molecule has 1 amide bonds. The second-order valence-corrected chi connectivity index (χ2v) is 8.39. The number of benzene rings is 2. The van der Waals surface area contributed by atoms with Crippen LogP contribution in [-0.4, -0.2) is 49.3 Å². The number of para-hydroxylation sites is 1. The van der Waals surface area contributed by atoms with Gasteiger partial charge in [0.2, 0.25) is 5.91 Å². The van der Waals surface area contributed by atoms with Crippen molar-refractivity contribution in [2.24, 2.45) is 0 Å². The van der Waals surface area contributed by atoms with E-state index in [2.05, 4.69) is 45.9 Å².